The standard InChI is InChI=1S/C21H29N3O2.HI/c1-4-22-21(24-16-18-11-5-6-13-20(18)26-3)23-14-8-10-17-9-7-12-19(15-17)25-2;/h5-7,9,11-13,15H,4,8,10,14,16H2,1-3H3,(H2,22,23,24);1H. The highest BCUT2D eigenvalue weighted by atomic mass is 127. The van der Waals surface area contributed by atoms with Gasteiger partial charge in [-0.2, -0.15) is 0 Å². The summed E-state index contributed by atoms with van der Waals surface area (Å²) in [6.07, 6.45) is 2.02. The first-order valence-corrected chi connectivity index (χ1v) is 9.03. The van der Waals surface area contributed by atoms with Gasteiger partial charge in [-0.25, -0.2) is 4.99 Å². The van der Waals surface area contributed by atoms with Crippen LogP contribution in [0, 0.1) is 0 Å². The summed E-state index contributed by atoms with van der Waals surface area (Å²) in [4.78, 5) is 4.66. The molecule has 5 nitrogen and oxygen atoms in total. The van der Waals surface area contributed by atoms with Gasteiger partial charge in [0.1, 0.15) is 11.5 Å². The summed E-state index contributed by atoms with van der Waals surface area (Å²) >= 11 is 0. The summed E-state index contributed by atoms with van der Waals surface area (Å²) in [6, 6.07) is 16.2. The minimum absolute atomic E-state index is 0. The lowest BCUT2D eigenvalue weighted by molar-refractivity contribution is 0.410. The van der Waals surface area contributed by atoms with Crippen LogP contribution in [0.5, 0.6) is 11.5 Å². The highest BCUT2D eigenvalue weighted by Gasteiger charge is 2.02. The van der Waals surface area contributed by atoms with E-state index < -0.39 is 0 Å². The molecule has 2 N–H and O–H groups in total. The Kier molecular flexibility index (Phi) is 11.3. The van der Waals surface area contributed by atoms with E-state index in [2.05, 4.69) is 34.7 Å². The maximum Gasteiger partial charge on any atom is 0.191 e. The van der Waals surface area contributed by atoms with E-state index in [4.69, 9.17) is 9.47 Å². The molecule has 0 bridgehead atoms. The number of ether oxygens (including phenoxy) is 2. The third kappa shape index (κ3) is 8.07. The second-order valence-corrected chi connectivity index (χ2v) is 5.89. The van der Waals surface area contributed by atoms with E-state index in [-0.39, 0.29) is 24.0 Å². The molecule has 0 radical (unpaired) electrons. The van der Waals surface area contributed by atoms with E-state index in [1.54, 1.807) is 14.2 Å². The molecule has 0 unspecified atom stereocenters. The normalized spacial score (nSPS) is 10.7. The maximum absolute atomic E-state index is 5.38. The fourth-order valence-electron chi connectivity index (χ4n) is 2.67. The van der Waals surface area contributed by atoms with Crippen LogP contribution >= 0.6 is 24.0 Å². The number of nitrogens with zero attached hydrogens (tertiary/aromatic N) is 1. The predicted octanol–water partition coefficient (Wildman–Crippen LogP) is 4.01. The highest BCUT2D eigenvalue weighted by Crippen LogP contribution is 2.18. The van der Waals surface area contributed by atoms with Crippen LogP contribution in [0.3, 0.4) is 0 Å². The van der Waals surface area contributed by atoms with Gasteiger partial charge in [0.05, 0.1) is 20.8 Å². The smallest absolute Gasteiger partial charge is 0.191 e. The quantitative estimate of drug-likeness (QED) is 0.245. The minimum Gasteiger partial charge on any atom is -0.497 e. The van der Waals surface area contributed by atoms with Crippen molar-refractivity contribution in [2.24, 2.45) is 4.99 Å². The first-order chi connectivity index (χ1) is 12.8. The van der Waals surface area contributed by atoms with Gasteiger partial charge in [-0.1, -0.05) is 30.3 Å². The highest BCUT2D eigenvalue weighted by molar-refractivity contribution is 14.0. The summed E-state index contributed by atoms with van der Waals surface area (Å²) < 4.78 is 10.7. The van der Waals surface area contributed by atoms with Crippen molar-refractivity contribution in [3.05, 3.63) is 59.7 Å². The molecule has 0 aliphatic carbocycles. The van der Waals surface area contributed by atoms with Crippen LogP contribution in [-0.4, -0.2) is 33.3 Å². The van der Waals surface area contributed by atoms with Gasteiger partial charge in [-0.3, -0.25) is 0 Å². The molecule has 0 aliphatic rings. The van der Waals surface area contributed by atoms with E-state index in [1.165, 1.54) is 5.56 Å². The van der Waals surface area contributed by atoms with Gasteiger partial charge in [-0.15, -0.1) is 24.0 Å². The van der Waals surface area contributed by atoms with Crippen molar-refractivity contribution in [2.75, 3.05) is 27.3 Å². The summed E-state index contributed by atoms with van der Waals surface area (Å²) in [6.45, 7) is 4.33. The molecule has 0 aliphatic heterocycles. The number of hydrogen-bond acceptors (Lipinski definition) is 3. The van der Waals surface area contributed by atoms with Crippen LogP contribution in [-0.2, 0) is 13.0 Å². The fraction of sp³-hybridized carbons (Fsp3) is 0.381. The van der Waals surface area contributed by atoms with E-state index in [1.807, 2.05) is 36.4 Å². The lowest BCUT2D eigenvalue weighted by atomic mass is 10.1. The number of aryl methyl sites for hydroxylation is 1. The van der Waals surface area contributed by atoms with Gasteiger partial charge in [0, 0.05) is 18.7 Å². The Morgan fingerprint density at radius 2 is 1.81 bits per heavy atom. The zero-order chi connectivity index (χ0) is 18.6. The molecule has 2 aromatic rings. The lowest BCUT2D eigenvalue weighted by Gasteiger charge is -2.12. The second-order valence-electron chi connectivity index (χ2n) is 5.89. The monoisotopic (exact) mass is 483 g/mol. The zero-order valence-electron chi connectivity index (χ0n) is 16.3. The predicted molar refractivity (Wildman–Crippen MR) is 123 cm³/mol. The van der Waals surface area contributed by atoms with Crippen molar-refractivity contribution in [2.45, 2.75) is 26.3 Å². The van der Waals surface area contributed by atoms with Gasteiger partial charge in [-0.05, 0) is 43.5 Å². The summed E-state index contributed by atoms with van der Waals surface area (Å²) in [5.74, 6) is 2.59. The minimum atomic E-state index is 0. The van der Waals surface area contributed by atoms with Crippen LogP contribution in [0.1, 0.15) is 24.5 Å². The van der Waals surface area contributed by atoms with Crippen molar-refractivity contribution in [3.8, 4) is 11.5 Å². The molecule has 2 aromatic carbocycles. The number of rotatable bonds is 9. The molecule has 6 heteroatoms. The number of hydrogen-bond donors (Lipinski definition) is 2. The molecule has 0 atom stereocenters. The fourth-order valence-corrected chi connectivity index (χ4v) is 2.67. The number of aliphatic imine (C=N–C) groups is 1. The molecule has 0 spiro atoms. The largest absolute Gasteiger partial charge is 0.497 e. The number of guanidine groups is 1. The molecule has 0 saturated carbocycles. The van der Waals surface area contributed by atoms with Crippen LogP contribution in [0.15, 0.2) is 53.5 Å². The molecule has 0 amide bonds. The second kappa shape index (κ2) is 13.2. The Hall–Kier alpha value is -1.96. The van der Waals surface area contributed by atoms with E-state index in [0.29, 0.717) is 6.54 Å². The molecule has 0 saturated heterocycles. The Balaban J connectivity index is 0.00000364. The number of nitrogens with one attached hydrogen (secondary N) is 2. The van der Waals surface area contributed by atoms with Crippen LogP contribution in [0.4, 0.5) is 0 Å². The SMILES string of the molecule is CCNC(=NCc1ccccc1OC)NCCCc1cccc(OC)c1.I. The van der Waals surface area contributed by atoms with E-state index >= 15 is 0 Å². The number of para-hydroxylation sites is 1. The first-order valence-electron chi connectivity index (χ1n) is 9.03. The van der Waals surface area contributed by atoms with Crippen molar-refractivity contribution in [1.29, 1.82) is 0 Å². The van der Waals surface area contributed by atoms with Gasteiger partial charge in [0.2, 0.25) is 0 Å². The number of benzene rings is 2. The molecule has 0 heterocycles. The molecule has 0 fully saturated rings. The number of halogens is 1. The summed E-state index contributed by atoms with van der Waals surface area (Å²) in [5, 5.41) is 6.68. The zero-order valence-corrected chi connectivity index (χ0v) is 18.7. The van der Waals surface area contributed by atoms with Gasteiger partial charge in [0.15, 0.2) is 5.96 Å². The maximum atomic E-state index is 5.38. The third-order valence-corrected chi connectivity index (χ3v) is 4.01. The molecular weight excluding hydrogens is 453 g/mol. The molecular formula is C21H30IN3O2. The van der Waals surface area contributed by atoms with E-state index in [9.17, 15) is 0 Å². The van der Waals surface area contributed by atoms with Crippen molar-refractivity contribution >= 4 is 29.9 Å². The third-order valence-electron chi connectivity index (χ3n) is 4.01. The Morgan fingerprint density at radius 3 is 2.56 bits per heavy atom. The Bertz CT molecular complexity index is 707. The molecule has 0 aromatic heterocycles. The number of methoxy groups -OCH3 is 2. The topological polar surface area (TPSA) is 54.9 Å². The molecule has 27 heavy (non-hydrogen) atoms. The van der Waals surface area contributed by atoms with Crippen LogP contribution < -0.4 is 20.1 Å². The van der Waals surface area contributed by atoms with Gasteiger partial charge >= 0.3 is 0 Å². The van der Waals surface area contributed by atoms with E-state index in [0.717, 1.165) is 49.0 Å². The summed E-state index contributed by atoms with van der Waals surface area (Å²) in [7, 11) is 3.38. The average molecular weight is 483 g/mol. The van der Waals surface area contributed by atoms with Crippen molar-refractivity contribution in [1.82, 2.24) is 10.6 Å². The Labute approximate surface area is 179 Å². The molecule has 2 rings (SSSR count). The lowest BCUT2D eigenvalue weighted by Crippen LogP contribution is -2.37. The Morgan fingerprint density at radius 1 is 1.00 bits per heavy atom. The van der Waals surface area contributed by atoms with Gasteiger partial charge in [0.25, 0.3) is 0 Å². The molecule has 148 valence electrons. The van der Waals surface area contributed by atoms with Crippen molar-refractivity contribution < 1.29 is 9.47 Å². The average Bonchev–Trinajstić information content (AvgIpc) is 2.69. The van der Waals surface area contributed by atoms with Crippen LogP contribution in [0.25, 0.3) is 0 Å². The van der Waals surface area contributed by atoms with Crippen LogP contribution in [0.2, 0.25) is 0 Å². The summed E-state index contributed by atoms with van der Waals surface area (Å²) in [5.41, 5.74) is 2.35. The first kappa shape index (κ1) is 23.1. The van der Waals surface area contributed by atoms with Crippen molar-refractivity contribution in [3.63, 3.8) is 0 Å². The van der Waals surface area contributed by atoms with Gasteiger partial charge < -0.3 is 20.1 Å².